The molecule has 1 heterocycles. The van der Waals surface area contributed by atoms with Crippen LogP contribution in [0.4, 0.5) is 4.39 Å². The second-order valence-electron chi connectivity index (χ2n) is 3.62. The summed E-state index contributed by atoms with van der Waals surface area (Å²) in [7, 11) is 2.05. The van der Waals surface area contributed by atoms with Crippen molar-refractivity contribution >= 4 is 0 Å². The van der Waals surface area contributed by atoms with Crippen molar-refractivity contribution in [2.45, 2.75) is 20.0 Å². The summed E-state index contributed by atoms with van der Waals surface area (Å²) in [6, 6.07) is 0. The minimum absolute atomic E-state index is 0.216. The van der Waals surface area contributed by atoms with Crippen LogP contribution in [0.2, 0.25) is 0 Å². The fourth-order valence-corrected chi connectivity index (χ4v) is 1.82. The molecule has 0 saturated carbocycles. The van der Waals surface area contributed by atoms with E-state index in [1.165, 1.54) is 0 Å². The minimum atomic E-state index is -0.587. The lowest BCUT2D eigenvalue weighted by atomic mass is 9.90. The van der Waals surface area contributed by atoms with Crippen molar-refractivity contribution in [3.05, 3.63) is 0 Å². The first-order chi connectivity index (χ1) is 4.61. The van der Waals surface area contributed by atoms with Crippen molar-refractivity contribution in [2.24, 2.45) is 11.8 Å². The molecular weight excluding hydrogens is 129 g/mol. The molecule has 60 valence electrons. The standard InChI is InChI=1S/C8H16FN/c1-6-4-10(3)5-7(2)8(6)9/h6-8H,4-5H2,1-3H3/t6-,7+,8?. The summed E-state index contributed by atoms with van der Waals surface area (Å²) in [5.74, 6) is 0.433. The molecule has 3 atom stereocenters. The van der Waals surface area contributed by atoms with Crippen LogP contribution in [0.25, 0.3) is 0 Å². The smallest absolute Gasteiger partial charge is 0.108 e. The third kappa shape index (κ3) is 1.48. The van der Waals surface area contributed by atoms with Crippen molar-refractivity contribution < 1.29 is 4.39 Å². The molecule has 1 rings (SSSR count). The third-order valence-corrected chi connectivity index (χ3v) is 2.29. The van der Waals surface area contributed by atoms with Crippen molar-refractivity contribution in [1.29, 1.82) is 0 Å². The Bertz CT molecular complexity index is 104. The second-order valence-corrected chi connectivity index (χ2v) is 3.62. The summed E-state index contributed by atoms with van der Waals surface area (Å²) in [5.41, 5.74) is 0. The lowest BCUT2D eigenvalue weighted by Crippen LogP contribution is -2.43. The highest BCUT2D eigenvalue weighted by Crippen LogP contribution is 2.23. The Morgan fingerprint density at radius 1 is 1.20 bits per heavy atom. The van der Waals surface area contributed by atoms with Crippen molar-refractivity contribution in [3.63, 3.8) is 0 Å². The van der Waals surface area contributed by atoms with Gasteiger partial charge in [0.25, 0.3) is 0 Å². The molecule has 1 nitrogen and oxygen atoms in total. The third-order valence-electron chi connectivity index (χ3n) is 2.29. The highest BCUT2D eigenvalue weighted by molar-refractivity contribution is 4.80. The molecule has 0 amide bonds. The molecule has 0 bridgehead atoms. The Kier molecular flexibility index (Phi) is 2.29. The summed E-state index contributed by atoms with van der Waals surface area (Å²) in [4.78, 5) is 2.20. The van der Waals surface area contributed by atoms with Crippen LogP contribution < -0.4 is 0 Å². The lowest BCUT2D eigenvalue weighted by Gasteiger charge is -2.35. The number of halogens is 1. The SMILES string of the molecule is C[C@@H]1CN(C)C[C@H](C)C1F. The fraction of sp³-hybridized carbons (Fsp3) is 1.00. The number of alkyl halides is 1. The average molecular weight is 145 g/mol. The van der Waals surface area contributed by atoms with Crippen molar-refractivity contribution in [2.75, 3.05) is 20.1 Å². The molecular formula is C8H16FN. The molecule has 10 heavy (non-hydrogen) atoms. The van der Waals surface area contributed by atoms with Crippen LogP contribution in [0.5, 0.6) is 0 Å². The molecule has 1 aliphatic heterocycles. The molecule has 0 spiro atoms. The van der Waals surface area contributed by atoms with Crippen LogP contribution >= 0.6 is 0 Å². The number of hydrogen-bond acceptors (Lipinski definition) is 1. The maximum Gasteiger partial charge on any atom is 0.108 e. The number of hydrogen-bond donors (Lipinski definition) is 0. The number of likely N-dealkylation sites (tertiary alicyclic amines) is 1. The minimum Gasteiger partial charge on any atom is -0.306 e. The van der Waals surface area contributed by atoms with E-state index in [0.29, 0.717) is 0 Å². The molecule has 0 radical (unpaired) electrons. The maximum atomic E-state index is 13.1. The van der Waals surface area contributed by atoms with Gasteiger partial charge in [0.1, 0.15) is 6.17 Å². The zero-order valence-electron chi connectivity index (χ0n) is 6.97. The Morgan fingerprint density at radius 3 is 2.00 bits per heavy atom. The molecule has 0 aromatic rings. The highest BCUT2D eigenvalue weighted by atomic mass is 19.1. The van der Waals surface area contributed by atoms with Crippen LogP contribution in [-0.4, -0.2) is 31.2 Å². The molecule has 1 unspecified atom stereocenters. The van der Waals surface area contributed by atoms with E-state index < -0.39 is 6.17 Å². The monoisotopic (exact) mass is 145 g/mol. The van der Waals surface area contributed by atoms with Crippen LogP contribution in [0, 0.1) is 11.8 Å². The predicted molar refractivity (Wildman–Crippen MR) is 40.7 cm³/mol. The zero-order chi connectivity index (χ0) is 7.72. The second kappa shape index (κ2) is 2.87. The highest BCUT2D eigenvalue weighted by Gasteiger charge is 2.29. The molecule has 2 heteroatoms. The summed E-state index contributed by atoms with van der Waals surface area (Å²) in [6.07, 6.45) is -0.587. The maximum absolute atomic E-state index is 13.1. The first kappa shape index (κ1) is 7.99. The van der Waals surface area contributed by atoms with E-state index in [2.05, 4.69) is 11.9 Å². The van der Waals surface area contributed by atoms with Crippen LogP contribution in [0.15, 0.2) is 0 Å². The van der Waals surface area contributed by atoms with Crippen molar-refractivity contribution in [1.82, 2.24) is 4.90 Å². The molecule has 1 saturated heterocycles. The van der Waals surface area contributed by atoms with Gasteiger partial charge >= 0.3 is 0 Å². The van der Waals surface area contributed by atoms with Gasteiger partial charge in [-0.15, -0.1) is 0 Å². The quantitative estimate of drug-likeness (QED) is 0.500. The van der Waals surface area contributed by atoms with Gasteiger partial charge in [0.2, 0.25) is 0 Å². The first-order valence-electron chi connectivity index (χ1n) is 3.94. The molecule has 0 aromatic carbocycles. The molecule has 1 aliphatic rings. The average Bonchev–Trinajstić information content (AvgIpc) is 1.82. The number of rotatable bonds is 0. The van der Waals surface area contributed by atoms with Gasteiger partial charge in [-0.05, 0) is 7.05 Å². The Balaban J connectivity index is 2.49. The van der Waals surface area contributed by atoms with E-state index >= 15 is 0 Å². The fourth-order valence-electron chi connectivity index (χ4n) is 1.82. The lowest BCUT2D eigenvalue weighted by molar-refractivity contribution is 0.0645. The van der Waals surface area contributed by atoms with E-state index in [1.54, 1.807) is 0 Å². The summed E-state index contributed by atoms with van der Waals surface area (Å²) < 4.78 is 13.1. The topological polar surface area (TPSA) is 3.24 Å². The normalized spacial score (nSPS) is 43.8. The Hall–Kier alpha value is -0.110. The van der Waals surface area contributed by atoms with Crippen molar-refractivity contribution in [3.8, 4) is 0 Å². The van der Waals surface area contributed by atoms with E-state index in [0.717, 1.165) is 13.1 Å². The van der Waals surface area contributed by atoms with Crippen LogP contribution in [0.1, 0.15) is 13.8 Å². The summed E-state index contributed by atoms with van der Waals surface area (Å²) in [5, 5.41) is 0. The van der Waals surface area contributed by atoms with Gasteiger partial charge in [0, 0.05) is 24.9 Å². The molecule has 0 aliphatic carbocycles. The Labute approximate surface area is 62.2 Å². The molecule has 0 aromatic heterocycles. The van der Waals surface area contributed by atoms with E-state index in [9.17, 15) is 4.39 Å². The van der Waals surface area contributed by atoms with Gasteiger partial charge in [0.05, 0.1) is 0 Å². The largest absolute Gasteiger partial charge is 0.306 e. The van der Waals surface area contributed by atoms with Gasteiger partial charge in [-0.25, -0.2) is 4.39 Å². The summed E-state index contributed by atoms with van der Waals surface area (Å²) in [6.45, 7) is 5.78. The summed E-state index contributed by atoms with van der Waals surface area (Å²) >= 11 is 0. The first-order valence-corrected chi connectivity index (χ1v) is 3.94. The Morgan fingerprint density at radius 2 is 1.60 bits per heavy atom. The van der Waals surface area contributed by atoms with E-state index in [4.69, 9.17) is 0 Å². The molecule has 0 N–H and O–H groups in total. The van der Waals surface area contributed by atoms with Gasteiger partial charge in [-0.3, -0.25) is 0 Å². The number of nitrogens with zero attached hydrogens (tertiary/aromatic N) is 1. The predicted octanol–water partition coefficient (Wildman–Crippen LogP) is 1.54. The van der Waals surface area contributed by atoms with Gasteiger partial charge in [-0.1, -0.05) is 13.8 Å². The van der Waals surface area contributed by atoms with Gasteiger partial charge in [-0.2, -0.15) is 0 Å². The molecule has 1 fully saturated rings. The van der Waals surface area contributed by atoms with Gasteiger partial charge < -0.3 is 4.90 Å². The van der Waals surface area contributed by atoms with E-state index in [1.807, 2.05) is 13.8 Å². The van der Waals surface area contributed by atoms with E-state index in [-0.39, 0.29) is 11.8 Å². The zero-order valence-corrected chi connectivity index (χ0v) is 6.97. The van der Waals surface area contributed by atoms with Crippen LogP contribution in [-0.2, 0) is 0 Å². The van der Waals surface area contributed by atoms with Gasteiger partial charge in [0.15, 0.2) is 0 Å². The van der Waals surface area contributed by atoms with Crippen LogP contribution in [0.3, 0.4) is 0 Å². The number of piperidine rings is 1.